The third-order valence-corrected chi connectivity index (χ3v) is 3.91. The van der Waals surface area contributed by atoms with Crippen molar-refractivity contribution < 1.29 is 14.6 Å². The maximum atomic E-state index is 12.3. The van der Waals surface area contributed by atoms with Gasteiger partial charge in [0.2, 0.25) is 5.43 Å². The van der Waals surface area contributed by atoms with Crippen molar-refractivity contribution >= 4 is 27.5 Å². The van der Waals surface area contributed by atoms with E-state index in [9.17, 15) is 9.59 Å². The Balaban J connectivity index is 2.70. The quantitative estimate of drug-likeness (QED) is 0.867. The third kappa shape index (κ3) is 2.41. The molecule has 0 unspecified atom stereocenters. The van der Waals surface area contributed by atoms with Crippen LogP contribution in [0.2, 0.25) is 0 Å². The number of hydrogen-bond donors (Lipinski definition) is 1. The molecule has 0 aliphatic carbocycles. The molecule has 0 bridgehead atoms. The lowest BCUT2D eigenvalue weighted by molar-refractivity contribution is 0.0524. The van der Waals surface area contributed by atoms with Crippen LogP contribution in [-0.2, 0) is 17.9 Å². The van der Waals surface area contributed by atoms with Gasteiger partial charge in [0, 0.05) is 17.6 Å². The van der Waals surface area contributed by atoms with Crippen molar-refractivity contribution in [3.8, 4) is 0 Å². The Hall–Kier alpha value is -1.66. The summed E-state index contributed by atoms with van der Waals surface area (Å²) in [5.41, 5.74) is 0.458. The predicted molar refractivity (Wildman–Crippen MR) is 73.6 cm³/mol. The van der Waals surface area contributed by atoms with Gasteiger partial charge in [0.05, 0.1) is 23.4 Å². The van der Waals surface area contributed by atoms with Crippen LogP contribution < -0.4 is 5.43 Å². The highest BCUT2D eigenvalue weighted by Crippen LogP contribution is 2.23. The van der Waals surface area contributed by atoms with Crippen LogP contribution in [0, 0.1) is 0 Å². The number of thiophene rings is 1. The molecule has 0 fully saturated rings. The first-order chi connectivity index (χ1) is 9.12. The van der Waals surface area contributed by atoms with E-state index in [1.165, 1.54) is 17.5 Å². The van der Waals surface area contributed by atoms with Crippen molar-refractivity contribution in [2.45, 2.75) is 27.0 Å². The number of aryl methyl sites for hydroxylation is 1. The van der Waals surface area contributed by atoms with Crippen LogP contribution in [0.15, 0.2) is 17.1 Å². The molecule has 102 valence electrons. The Bertz CT molecular complexity index is 671. The highest BCUT2D eigenvalue weighted by atomic mass is 32.1. The first-order valence-corrected chi connectivity index (χ1v) is 6.87. The van der Waals surface area contributed by atoms with Crippen molar-refractivity contribution in [2.24, 2.45) is 0 Å². The summed E-state index contributed by atoms with van der Waals surface area (Å²) in [6, 6.07) is 1.78. The molecule has 1 N–H and O–H groups in total. The first-order valence-electron chi connectivity index (χ1n) is 6.06. The van der Waals surface area contributed by atoms with Crippen LogP contribution in [0.25, 0.3) is 10.2 Å². The maximum absolute atomic E-state index is 12.3. The van der Waals surface area contributed by atoms with E-state index in [0.29, 0.717) is 16.1 Å². The molecular weight excluding hydrogens is 266 g/mol. The van der Waals surface area contributed by atoms with Gasteiger partial charge in [-0.1, -0.05) is 0 Å². The number of rotatable bonds is 4. The fourth-order valence-electron chi connectivity index (χ4n) is 1.91. The SMILES string of the molecule is CCOC(=O)c1cn(CC)c2cc(CO)sc2c1=O. The average Bonchev–Trinajstić information content (AvgIpc) is 2.84. The smallest absolute Gasteiger partial charge is 0.343 e. The third-order valence-electron chi connectivity index (χ3n) is 2.80. The minimum absolute atomic E-state index is 0.0440. The Morgan fingerprint density at radius 1 is 1.47 bits per heavy atom. The van der Waals surface area contributed by atoms with Crippen LogP contribution in [0.4, 0.5) is 0 Å². The van der Waals surface area contributed by atoms with Gasteiger partial charge in [-0.05, 0) is 19.9 Å². The van der Waals surface area contributed by atoms with Gasteiger partial charge in [-0.3, -0.25) is 4.79 Å². The van der Waals surface area contributed by atoms with E-state index in [2.05, 4.69) is 0 Å². The van der Waals surface area contributed by atoms with Gasteiger partial charge in [0.15, 0.2) is 0 Å². The molecule has 2 aromatic rings. The normalized spacial score (nSPS) is 10.9. The van der Waals surface area contributed by atoms with Gasteiger partial charge in [-0.2, -0.15) is 0 Å². The average molecular weight is 281 g/mol. The minimum Gasteiger partial charge on any atom is -0.462 e. The summed E-state index contributed by atoms with van der Waals surface area (Å²) in [6.45, 7) is 4.37. The number of hydrogen-bond acceptors (Lipinski definition) is 5. The molecule has 5 nitrogen and oxygen atoms in total. The van der Waals surface area contributed by atoms with E-state index in [0.717, 1.165) is 5.52 Å². The standard InChI is InChI=1S/C13H15NO4S/c1-3-14-6-9(13(17)18-4-2)11(16)12-10(14)5-8(7-15)19-12/h5-6,15H,3-4,7H2,1-2H3. The summed E-state index contributed by atoms with van der Waals surface area (Å²) in [5.74, 6) is -0.601. The monoisotopic (exact) mass is 281 g/mol. The zero-order chi connectivity index (χ0) is 14.0. The summed E-state index contributed by atoms with van der Waals surface area (Å²) in [5, 5.41) is 9.16. The van der Waals surface area contributed by atoms with E-state index in [-0.39, 0.29) is 24.2 Å². The molecule has 2 aromatic heterocycles. The molecule has 0 aliphatic rings. The van der Waals surface area contributed by atoms with Gasteiger partial charge in [0.1, 0.15) is 5.56 Å². The number of fused-ring (bicyclic) bond motifs is 1. The molecule has 0 spiro atoms. The van der Waals surface area contributed by atoms with Crippen molar-refractivity contribution in [1.82, 2.24) is 4.57 Å². The second-order valence-electron chi connectivity index (χ2n) is 3.96. The zero-order valence-corrected chi connectivity index (χ0v) is 11.6. The number of aromatic nitrogens is 1. The van der Waals surface area contributed by atoms with Gasteiger partial charge < -0.3 is 14.4 Å². The fourth-order valence-corrected chi connectivity index (χ4v) is 2.89. The topological polar surface area (TPSA) is 68.5 Å². The van der Waals surface area contributed by atoms with Crippen LogP contribution in [-0.4, -0.2) is 22.2 Å². The lowest BCUT2D eigenvalue weighted by Gasteiger charge is -2.08. The lowest BCUT2D eigenvalue weighted by atomic mass is 10.2. The number of aliphatic hydroxyl groups is 1. The minimum atomic E-state index is -0.601. The zero-order valence-electron chi connectivity index (χ0n) is 10.8. The second kappa shape index (κ2) is 5.54. The molecule has 0 aliphatic heterocycles. The van der Waals surface area contributed by atoms with E-state index >= 15 is 0 Å². The molecule has 0 radical (unpaired) electrons. The van der Waals surface area contributed by atoms with Gasteiger partial charge in [-0.15, -0.1) is 11.3 Å². The molecule has 0 saturated heterocycles. The summed E-state index contributed by atoms with van der Waals surface area (Å²) >= 11 is 1.21. The number of pyridine rings is 1. The number of esters is 1. The van der Waals surface area contributed by atoms with Crippen molar-refractivity contribution in [1.29, 1.82) is 0 Å². The van der Waals surface area contributed by atoms with Gasteiger partial charge >= 0.3 is 5.97 Å². The molecular formula is C13H15NO4S. The van der Waals surface area contributed by atoms with Crippen LogP contribution >= 0.6 is 11.3 Å². The summed E-state index contributed by atoms with van der Waals surface area (Å²) in [7, 11) is 0. The molecule has 0 atom stereocenters. The van der Waals surface area contributed by atoms with Gasteiger partial charge in [0.25, 0.3) is 0 Å². The van der Waals surface area contributed by atoms with E-state index in [1.807, 2.05) is 11.5 Å². The second-order valence-corrected chi connectivity index (χ2v) is 5.10. The van der Waals surface area contributed by atoms with Crippen molar-refractivity contribution in [3.63, 3.8) is 0 Å². The van der Waals surface area contributed by atoms with Crippen molar-refractivity contribution in [3.05, 3.63) is 32.9 Å². The van der Waals surface area contributed by atoms with E-state index < -0.39 is 5.97 Å². The summed E-state index contributed by atoms with van der Waals surface area (Å²) in [4.78, 5) is 24.7. The molecule has 0 saturated carbocycles. The fraction of sp³-hybridized carbons (Fsp3) is 0.385. The Morgan fingerprint density at radius 3 is 2.79 bits per heavy atom. The summed E-state index contributed by atoms with van der Waals surface area (Å²) in [6.07, 6.45) is 1.52. The molecule has 0 aromatic carbocycles. The van der Waals surface area contributed by atoms with Crippen LogP contribution in [0.3, 0.4) is 0 Å². The molecule has 2 rings (SSSR count). The highest BCUT2D eigenvalue weighted by molar-refractivity contribution is 7.18. The molecule has 0 amide bonds. The number of carbonyl (C=O) groups is 1. The largest absolute Gasteiger partial charge is 0.462 e. The number of carbonyl (C=O) groups excluding carboxylic acids is 1. The summed E-state index contributed by atoms with van der Waals surface area (Å²) < 4.78 is 7.19. The number of ether oxygens (including phenoxy) is 1. The molecule has 2 heterocycles. The molecule has 6 heteroatoms. The van der Waals surface area contributed by atoms with Crippen LogP contribution in [0.1, 0.15) is 29.1 Å². The first kappa shape index (κ1) is 13.8. The van der Waals surface area contributed by atoms with Crippen LogP contribution in [0.5, 0.6) is 0 Å². The Kier molecular flexibility index (Phi) is 4.01. The van der Waals surface area contributed by atoms with Gasteiger partial charge in [-0.25, -0.2) is 4.79 Å². The number of nitrogens with zero attached hydrogens (tertiary/aromatic N) is 1. The Morgan fingerprint density at radius 2 is 2.21 bits per heavy atom. The predicted octanol–water partition coefficient (Wildman–Crippen LogP) is 1.75. The Labute approximate surface area is 114 Å². The van der Waals surface area contributed by atoms with E-state index in [1.54, 1.807) is 13.0 Å². The molecule has 19 heavy (non-hydrogen) atoms. The van der Waals surface area contributed by atoms with Crippen molar-refractivity contribution in [2.75, 3.05) is 6.61 Å². The lowest BCUT2D eigenvalue weighted by Crippen LogP contribution is -2.19. The maximum Gasteiger partial charge on any atom is 0.343 e. The highest BCUT2D eigenvalue weighted by Gasteiger charge is 2.18. The van der Waals surface area contributed by atoms with E-state index in [4.69, 9.17) is 9.84 Å². The number of aliphatic hydroxyl groups excluding tert-OH is 1.